The third-order valence-corrected chi connectivity index (χ3v) is 8.46. The summed E-state index contributed by atoms with van der Waals surface area (Å²) in [6, 6.07) is 23.8. The number of carbonyl (C=O) groups is 2. The Balaban J connectivity index is 1.97. The van der Waals surface area contributed by atoms with Crippen LogP contribution in [0.3, 0.4) is 0 Å². The number of rotatable bonds is 13. The number of carbonyl (C=O) groups excluding carboxylic acids is 2. The van der Waals surface area contributed by atoms with Crippen LogP contribution < -0.4 is 9.62 Å². The number of benzene rings is 3. The minimum absolute atomic E-state index is 0.0827. The zero-order chi connectivity index (χ0) is 27.5. The van der Waals surface area contributed by atoms with Gasteiger partial charge in [-0.2, -0.15) is 0 Å². The van der Waals surface area contributed by atoms with Crippen LogP contribution in [0, 0.1) is 0 Å². The fourth-order valence-electron chi connectivity index (χ4n) is 4.12. The summed E-state index contributed by atoms with van der Waals surface area (Å²) >= 11 is 3.38. The monoisotopic (exact) mass is 599 g/mol. The molecule has 0 aliphatic carbocycles. The second-order valence-corrected chi connectivity index (χ2v) is 11.6. The van der Waals surface area contributed by atoms with Gasteiger partial charge in [-0.3, -0.25) is 13.9 Å². The average Bonchev–Trinajstić information content (AvgIpc) is 2.94. The molecule has 0 aliphatic rings. The number of nitrogens with zero attached hydrogens (tertiary/aromatic N) is 2. The summed E-state index contributed by atoms with van der Waals surface area (Å²) in [4.78, 5) is 28.6. The Hall–Kier alpha value is -3.17. The van der Waals surface area contributed by atoms with Gasteiger partial charge >= 0.3 is 0 Å². The highest BCUT2D eigenvalue weighted by atomic mass is 79.9. The Morgan fingerprint density at radius 2 is 1.50 bits per heavy atom. The van der Waals surface area contributed by atoms with Crippen LogP contribution in [-0.2, 0) is 26.0 Å². The lowest BCUT2D eigenvalue weighted by Gasteiger charge is -2.33. The van der Waals surface area contributed by atoms with E-state index >= 15 is 0 Å². The molecule has 3 aromatic rings. The molecular formula is C29H34BrN3O4S. The third kappa shape index (κ3) is 7.68. The molecule has 0 unspecified atom stereocenters. The van der Waals surface area contributed by atoms with Crippen molar-refractivity contribution in [3.8, 4) is 0 Å². The minimum atomic E-state index is -4.06. The van der Waals surface area contributed by atoms with Crippen molar-refractivity contribution in [3.63, 3.8) is 0 Å². The van der Waals surface area contributed by atoms with E-state index in [9.17, 15) is 18.0 Å². The normalized spacial score (nSPS) is 12.0. The number of sulfonamides is 1. The second-order valence-electron chi connectivity index (χ2n) is 8.84. The Labute approximate surface area is 234 Å². The Morgan fingerprint density at radius 1 is 0.895 bits per heavy atom. The first-order valence-corrected chi connectivity index (χ1v) is 15.0. The molecule has 1 N–H and O–H groups in total. The van der Waals surface area contributed by atoms with Crippen LogP contribution in [0.5, 0.6) is 0 Å². The summed E-state index contributed by atoms with van der Waals surface area (Å²) in [5, 5.41) is 2.89. The Bertz CT molecular complexity index is 1290. The fraction of sp³-hybridized carbons (Fsp3) is 0.310. The number of halogens is 1. The van der Waals surface area contributed by atoms with E-state index in [1.54, 1.807) is 42.5 Å². The van der Waals surface area contributed by atoms with Crippen LogP contribution in [0.15, 0.2) is 94.3 Å². The molecule has 0 aliphatic heterocycles. The van der Waals surface area contributed by atoms with Gasteiger partial charge in [0.25, 0.3) is 10.0 Å². The molecule has 0 fully saturated rings. The maximum absolute atomic E-state index is 13.9. The van der Waals surface area contributed by atoms with Gasteiger partial charge in [0.1, 0.15) is 12.6 Å². The minimum Gasteiger partial charge on any atom is -0.354 e. The van der Waals surface area contributed by atoms with Gasteiger partial charge in [-0.15, -0.1) is 0 Å². The molecule has 38 heavy (non-hydrogen) atoms. The summed E-state index contributed by atoms with van der Waals surface area (Å²) in [5.41, 5.74) is 1.38. The second kappa shape index (κ2) is 14.1. The van der Waals surface area contributed by atoms with Crippen LogP contribution in [-0.4, -0.2) is 50.8 Å². The van der Waals surface area contributed by atoms with Crippen molar-refractivity contribution in [2.24, 2.45) is 0 Å². The van der Waals surface area contributed by atoms with Gasteiger partial charge in [0.05, 0.1) is 10.6 Å². The molecule has 7 nitrogen and oxygen atoms in total. The molecular weight excluding hydrogens is 566 g/mol. The number of nitrogens with one attached hydrogen (secondary N) is 1. The van der Waals surface area contributed by atoms with Crippen molar-refractivity contribution in [2.45, 2.75) is 44.0 Å². The molecule has 0 heterocycles. The SMILES string of the molecule is CCCNC(=O)[C@@H](CC)N(CCc1ccccc1)C(=O)CN(c1ccc(Br)cc1)S(=O)(=O)c1ccccc1. The molecule has 0 aromatic heterocycles. The molecule has 0 spiro atoms. The molecule has 0 saturated carbocycles. The summed E-state index contributed by atoms with van der Waals surface area (Å²) in [6.45, 7) is 4.16. The highest BCUT2D eigenvalue weighted by Crippen LogP contribution is 2.26. The number of anilines is 1. The van der Waals surface area contributed by atoms with Crippen molar-refractivity contribution >= 4 is 43.5 Å². The first-order valence-electron chi connectivity index (χ1n) is 12.7. The van der Waals surface area contributed by atoms with Crippen molar-refractivity contribution in [1.29, 1.82) is 0 Å². The molecule has 0 bridgehead atoms. The summed E-state index contributed by atoms with van der Waals surface area (Å²) in [6.07, 6.45) is 1.71. The molecule has 0 radical (unpaired) electrons. The highest BCUT2D eigenvalue weighted by Gasteiger charge is 2.33. The highest BCUT2D eigenvalue weighted by molar-refractivity contribution is 9.10. The van der Waals surface area contributed by atoms with Gasteiger partial charge in [-0.05, 0) is 61.2 Å². The molecule has 3 aromatic carbocycles. The van der Waals surface area contributed by atoms with Crippen molar-refractivity contribution in [2.75, 3.05) is 23.9 Å². The van der Waals surface area contributed by atoms with E-state index in [1.165, 1.54) is 17.0 Å². The lowest BCUT2D eigenvalue weighted by molar-refractivity contribution is -0.139. The predicted octanol–water partition coefficient (Wildman–Crippen LogP) is 5.02. The van der Waals surface area contributed by atoms with Crippen LogP contribution >= 0.6 is 15.9 Å². The lowest BCUT2D eigenvalue weighted by Crippen LogP contribution is -2.53. The third-order valence-electron chi connectivity index (χ3n) is 6.14. The fourth-order valence-corrected chi connectivity index (χ4v) is 5.82. The lowest BCUT2D eigenvalue weighted by atomic mass is 10.1. The van der Waals surface area contributed by atoms with E-state index in [0.717, 1.165) is 20.8 Å². The summed E-state index contributed by atoms with van der Waals surface area (Å²) < 4.78 is 29.4. The first kappa shape index (κ1) is 29.4. The largest absolute Gasteiger partial charge is 0.354 e. The smallest absolute Gasteiger partial charge is 0.264 e. The molecule has 3 rings (SSSR count). The van der Waals surface area contributed by atoms with Crippen molar-refractivity contribution < 1.29 is 18.0 Å². The predicted molar refractivity (Wildman–Crippen MR) is 154 cm³/mol. The van der Waals surface area contributed by atoms with Gasteiger partial charge in [0, 0.05) is 17.6 Å². The standard InChI is InChI=1S/C29H34BrN3O4S/c1-3-20-31-29(35)27(4-2)32(21-19-23-11-7-5-8-12-23)28(34)22-33(25-17-15-24(30)16-18-25)38(36,37)26-13-9-6-10-14-26/h5-18,27H,3-4,19-22H2,1-2H3,(H,31,35)/t27-/m1/s1. The molecule has 2 amide bonds. The molecule has 0 saturated heterocycles. The quantitative estimate of drug-likeness (QED) is 0.299. The van der Waals surface area contributed by atoms with Gasteiger partial charge < -0.3 is 10.2 Å². The van der Waals surface area contributed by atoms with Gasteiger partial charge in [0.2, 0.25) is 11.8 Å². The van der Waals surface area contributed by atoms with Crippen molar-refractivity contribution in [3.05, 3.63) is 95.0 Å². The van der Waals surface area contributed by atoms with Gasteiger partial charge in [-0.1, -0.05) is 78.3 Å². The number of amides is 2. The van der Waals surface area contributed by atoms with E-state index in [4.69, 9.17) is 0 Å². The zero-order valence-corrected chi connectivity index (χ0v) is 24.1. The van der Waals surface area contributed by atoms with Crippen LogP contribution in [0.1, 0.15) is 32.3 Å². The molecule has 1 atom stereocenters. The van der Waals surface area contributed by atoms with E-state index in [0.29, 0.717) is 25.1 Å². The van der Waals surface area contributed by atoms with Crippen LogP contribution in [0.4, 0.5) is 5.69 Å². The maximum Gasteiger partial charge on any atom is 0.264 e. The zero-order valence-electron chi connectivity index (χ0n) is 21.7. The Morgan fingerprint density at radius 3 is 2.08 bits per heavy atom. The maximum atomic E-state index is 13.9. The van der Waals surface area contributed by atoms with Gasteiger partial charge in [0.15, 0.2) is 0 Å². The van der Waals surface area contributed by atoms with Gasteiger partial charge in [-0.25, -0.2) is 8.42 Å². The van der Waals surface area contributed by atoms with E-state index in [-0.39, 0.29) is 17.3 Å². The van der Waals surface area contributed by atoms with Crippen LogP contribution in [0.25, 0.3) is 0 Å². The topological polar surface area (TPSA) is 86.8 Å². The van der Waals surface area contributed by atoms with Crippen molar-refractivity contribution in [1.82, 2.24) is 10.2 Å². The number of hydrogen-bond donors (Lipinski definition) is 1. The van der Waals surface area contributed by atoms with E-state index in [2.05, 4.69) is 21.2 Å². The average molecular weight is 601 g/mol. The first-order chi connectivity index (χ1) is 18.3. The van der Waals surface area contributed by atoms with E-state index < -0.39 is 28.5 Å². The number of hydrogen-bond acceptors (Lipinski definition) is 4. The van der Waals surface area contributed by atoms with E-state index in [1.807, 2.05) is 44.2 Å². The summed E-state index contributed by atoms with van der Waals surface area (Å²) in [7, 11) is -4.06. The Kier molecular flexibility index (Phi) is 10.9. The molecule has 9 heteroatoms. The molecule has 202 valence electrons. The summed E-state index contributed by atoms with van der Waals surface area (Å²) in [5.74, 6) is -0.682. The van der Waals surface area contributed by atoms with Crippen LogP contribution in [0.2, 0.25) is 0 Å².